The topological polar surface area (TPSA) is 74.3 Å². The van der Waals surface area contributed by atoms with E-state index in [0.717, 1.165) is 37.7 Å². The van der Waals surface area contributed by atoms with Crippen LogP contribution in [0, 0.1) is 5.92 Å². The molecule has 6 nitrogen and oxygen atoms in total. The van der Waals surface area contributed by atoms with Crippen LogP contribution in [-0.4, -0.2) is 51.0 Å². The van der Waals surface area contributed by atoms with E-state index in [1.54, 1.807) is 12.1 Å². The second kappa shape index (κ2) is 8.47. The molecular formula is C18H30N4O2S. The van der Waals surface area contributed by atoms with E-state index in [1.165, 1.54) is 51.9 Å². The Morgan fingerprint density at radius 2 is 1.84 bits per heavy atom. The van der Waals surface area contributed by atoms with Crippen molar-refractivity contribution in [3.63, 3.8) is 0 Å². The highest BCUT2D eigenvalue weighted by Gasteiger charge is 2.23. The second-order valence-corrected chi connectivity index (χ2v) is 9.20. The third-order valence-electron chi connectivity index (χ3n) is 5.50. The van der Waals surface area contributed by atoms with Crippen molar-refractivity contribution >= 4 is 15.8 Å². The maximum Gasteiger partial charge on any atom is 0.241 e. The van der Waals surface area contributed by atoms with Gasteiger partial charge in [-0.25, -0.2) is 18.1 Å². The third-order valence-corrected chi connectivity index (χ3v) is 6.90. The largest absolute Gasteiger partial charge is 0.367 e. The minimum absolute atomic E-state index is 0.197. The molecule has 3 rings (SSSR count). The third kappa shape index (κ3) is 5.15. The number of aromatic nitrogens is 1. The average molecular weight is 367 g/mol. The van der Waals surface area contributed by atoms with Gasteiger partial charge in [-0.1, -0.05) is 19.3 Å². The van der Waals surface area contributed by atoms with Crippen molar-refractivity contribution in [1.82, 2.24) is 14.6 Å². The van der Waals surface area contributed by atoms with Crippen molar-refractivity contribution in [2.45, 2.75) is 55.9 Å². The Morgan fingerprint density at radius 1 is 1.12 bits per heavy atom. The van der Waals surface area contributed by atoms with Crippen LogP contribution in [0.25, 0.3) is 0 Å². The van der Waals surface area contributed by atoms with Gasteiger partial charge in [-0.3, -0.25) is 0 Å². The first kappa shape index (κ1) is 18.6. The van der Waals surface area contributed by atoms with Crippen LogP contribution in [-0.2, 0) is 10.0 Å². The van der Waals surface area contributed by atoms with Crippen LogP contribution in [0.4, 0.5) is 5.82 Å². The van der Waals surface area contributed by atoms with Crippen LogP contribution < -0.4 is 10.0 Å². The van der Waals surface area contributed by atoms with Crippen LogP contribution in [0.2, 0.25) is 0 Å². The van der Waals surface area contributed by atoms with Gasteiger partial charge in [0.15, 0.2) is 0 Å². The molecule has 1 aromatic heterocycles. The summed E-state index contributed by atoms with van der Waals surface area (Å²) in [5, 5.41) is 3.45. The number of pyridine rings is 1. The van der Waals surface area contributed by atoms with E-state index in [0.29, 0.717) is 6.04 Å². The molecule has 1 saturated heterocycles. The lowest BCUT2D eigenvalue weighted by Gasteiger charge is -2.35. The van der Waals surface area contributed by atoms with Crippen molar-refractivity contribution in [1.29, 1.82) is 0 Å². The number of nitrogens with one attached hydrogen (secondary N) is 2. The van der Waals surface area contributed by atoms with Gasteiger partial charge in [0.1, 0.15) is 10.7 Å². The average Bonchev–Trinajstić information content (AvgIpc) is 2.65. The molecule has 0 spiro atoms. The normalized spacial score (nSPS) is 21.3. The standard InChI is InChI=1S/C18H30N4O2S/c1-19-25(23,24)17-7-8-18(20-13-17)21-16-9-11-22(12-10-16)14-15-5-3-2-4-6-15/h7-8,13,15-16,19H,2-6,9-12,14H2,1H3,(H,20,21). The van der Waals surface area contributed by atoms with Gasteiger partial charge >= 0.3 is 0 Å². The van der Waals surface area contributed by atoms with E-state index in [4.69, 9.17) is 0 Å². The zero-order valence-corrected chi connectivity index (χ0v) is 15.9. The number of hydrogen-bond donors (Lipinski definition) is 2. The van der Waals surface area contributed by atoms with E-state index in [2.05, 4.69) is 19.9 Å². The fourth-order valence-corrected chi connectivity index (χ4v) is 4.62. The molecule has 0 aromatic carbocycles. The Bertz CT molecular complexity index is 634. The summed E-state index contributed by atoms with van der Waals surface area (Å²) >= 11 is 0. The van der Waals surface area contributed by atoms with Crippen LogP contribution in [0.1, 0.15) is 44.9 Å². The molecule has 2 heterocycles. The van der Waals surface area contributed by atoms with Gasteiger partial charge in [0.2, 0.25) is 10.0 Å². The molecule has 2 fully saturated rings. The van der Waals surface area contributed by atoms with E-state index in [9.17, 15) is 8.42 Å². The molecule has 1 saturated carbocycles. The summed E-state index contributed by atoms with van der Waals surface area (Å²) in [6, 6.07) is 3.76. The number of sulfonamides is 1. The molecule has 0 unspecified atom stereocenters. The minimum Gasteiger partial charge on any atom is -0.367 e. The SMILES string of the molecule is CNS(=O)(=O)c1ccc(NC2CCN(CC3CCCCC3)CC2)nc1. The first-order valence-electron chi connectivity index (χ1n) is 9.45. The quantitative estimate of drug-likeness (QED) is 0.809. The summed E-state index contributed by atoms with van der Waals surface area (Å²) in [5.74, 6) is 1.65. The van der Waals surface area contributed by atoms with E-state index < -0.39 is 10.0 Å². The van der Waals surface area contributed by atoms with E-state index >= 15 is 0 Å². The fourth-order valence-electron chi connectivity index (χ4n) is 3.95. The van der Waals surface area contributed by atoms with Crippen LogP contribution >= 0.6 is 0 Å². The van der Waals surface area contributed by atoms with Crippen LogP contribution in [0.5, 0.6) is 0 Å². The Kier molecular flexibility index (Phi) is 6.30. The predicted octanol–water partition coefficient (Wildman–Crippen LogP) is 2.45. The molecule has 7 heteroatoms. The molecule has 1 aliphatic carbocycles. The molecule has 1 aromatic rings. The van der Waals surface area contributed by atoms with Gasteiger partial charge in [-0.15, -0.1) is 0 Å². The zero-order valence-electron chi connectivity index (χ0n) is 15.1. The molecule has 1 aliphatic heterocycles. The Labute approximate surface area is 151 Å². The van der Waals surface area contributed by atoms with Crippen molar-refractivity contribution in [2.24, 2.45) is 5.92 Å². The summed E-state index contributed by atoms with van der Waals surface area (Å²) in [6.07, 6.45) is 10.7. The number of anilines is 1. The summed E-state index contributed by atoms with van der Waals surface area (Å²) < 4.78 is 25.8. The Morgan fingerprint density at radius 3 is 2.44 bits per heavy atom. The Hall–Kier alpha value is -1.18. The molecule has 2 aliphatic rings. The van der Waals surface area contributed by atoms with Crippen molar-refractivity contribution in [3.05, 3.63) is 18.3 Å². The van der Waals surface area contributed by atoms with E-state index in [1.807, 2.05) is 0 Å². The Balaban J connectivity index is 1.45. The molecule has 25 heavy (non-hydrogen) atoms. The second-order valence-electron chi connectivity index (χ2n) is 7.31. The summed E-state index contributed by atoms with van der Waals surface area (Å²) in [7, 11) is -2.01. The lowest BCUT2D eigenvalue weighted by molar-refractivity contribution is 0.168. The molecule has 0 radical (unpaired) electrons. The molecule has 0 amide bonds. The van der Waals surface area contributed by atoms with Crippen molar-refractivity contribution < 1.29 is 8.42 Å². The highest BCUT2D eigenvalue weighted by atomic mass is 32.2. The number of likely N-dealkylation sites (tertiary alicyclic amines) is 1. The van der Waals surface area contributed by atoms with Crippen LogP contribution in [0.15, 0.2) is 23.2 Å². The summed E-state index contributed by atoms with van der Waals surface area (Å²) in [6.45, 7) is 3.54. The minimum atomic E-state index is -3.42. The monoisotopic (exact) mass is 366 g/mol. The fraction of sp³-hybridized carbons (Fsp3) is 0.722. The first-order valence-corrected chi connectivity index (χ1v) is 10.9. The smallest absolute Gasteiger partial charge is 0.241 e. The molecule has 0 bridgehead atoms. The van der Waals surface area contributed by atoms with Gasteiger partial charge in [0.25, 0.3) is 0 Å². The molecule has 0 atom stereocenters. The highest BCUT2D eigenvalue weighted by Crippen LogP contribution is 2.26. The van der Waals surface area contributed by atoms with Gasteiger partial charge in [-0.2, -0.15) is 0 Å². The van der Waals surface area contributed by atoms with E-state index in [-0.39, 0.29) is 4.90 Å². The van der Waals surface area contributed by atoms with Gasteiger partial charge in [0.05, 0.1) is 0 Å². The van der Waals surface area contributed by atoms with Gasteiger partial charge < -0.3 is 10.2 Å². The molecule has 2 N–H and O–H groups in total. The number of piperidine rings is 1. The highest BCUT2D eigenvalue weighted by molar-refractivity contribution is 7.89. The lowest BCUT2D eigenvalue weighted by atomic mass is 9.88. The summed E-state index contributed by atoms with van der Waals surface area (Å²) in [4.78, 5) is 7.07. The zero-order chi connectivity index (χ0) is 17.7. The number of hydrogen-bond acceptors (Lipinski definition) is 5. The van der Waals surface area contributed by atoms with Gasteiger partial charge in [0, 0.05) is 31.9 Å². The van der Waals surface area contributed by atoms with Crippen molar-refractivity contribution in [2.75, 3.05) is 32.0 Å². The molecular weight excluding hydrogens is 336 g/mol. The molecule has 140 valence electrons. The van der Waals surface area contributed by atoms with Crippen molar-refractivity contribution in [3.8, 4) is 0 Å². The number of rotatable bonds is 6. The summed E-state index contributed by atoms with van der Waals surface area (Å²) in [5.41, 5.74) is 0. The number of nitrogens with zero attached hydrogens (tertiary/aromatic N) is 2. The van der Waals surface area contributed by atoms with Gasteiger partial charge in [-0.05, 0) is 50.8 Å². The first-order chi connectivity index (χ1) is 12.1. The maximum absolute atomic E-state index is 11.7. The lowest BCUT2D eigenvalue weighted by Crippen LogP contribution is -2.41. The maximum atomic E-state index is 11.7. The predicted molar refractivity (Wildman–Crippen MR) is 100 cm³/mol. The van der Waals surface area contributed by atoms with Crippen LogP contribution in [0.3, 0.4) is 0 Å².